The Labute approximate surface area is 181 Å². The molecule has 1 aliphatic heterocycles. The van der Waals surface area contributed by atoms with Crippen LogP contribution in [-0.2, 0) is 19.7 Å². The molecule has 1 N–H and O–H groups in total. The van der Waals surface area contributed by atoms with Crippen LogP contribution < -0.4 is 10.1 Å². The summed E-state index contributed by atoms with van der Waals surface area (Å²) in [4.78, 5) is 27.1. The second-order valence-corrected chi connectivity index (χ2v) is 8.06. The van der Waals surface area contributed by atoms with E-state index in [-0.39, 0.29) is 24.2 Å². The first-order valence-electron chi connectivity index (χ1n) is 10.7. The number of ether oxygens (including phenoxy) is 2. The fourth-order valence-corrected chi connectivity index (χ4v) is 4.33. The molecule has 2 amide bonds. The highest BCUT2D eigenvalue weighted by Crippen LogP contribution is 2.42. The minimum atomic E-state index is -0.632. The topological polar surface area (TPSA) is 67.9 Å². The highest BCUT2D eigenvalue weighted by atomic mass is 19.1. The van der Waals surface area contributed by atoms with Gasteiger partial charge >= 0.3 is 0 Å². The highest BCUT2D eigenvalue weighted by Gasteiger charge is 2.42. The molecule has 7 heteroatoms. The molecule has 0 atom stereocenters. The van der Waals surface area contributed by atoms with Gasteiger partial charge in [0.1, 0.15) is 11.6 Å². The van der Waals surface area contributed by atoms with E-state index in [0.717, 1.165) is 31.2 Å². The van der Waals surface area contributed by atoms with Crippen molar-refractivity contribution in [3.05, 3.63) is 59.9 Å². The molecule has 31 heavy (non-hydrogen) atoms. The van der Waals surface area contributed by atoms with E-state index in [2.05, 4.69) is 5.32 Å². The lowest BCUT2D eigenvalue weighted by atomic mass is 9.78. The maximum atomic E-state index is 13.4. The predicted octanol–water partition coefficient (Wildman–Crippen LogP) is 3.51. The van der Waals surface area contributed by atoms with Gasteiger partial charge in [0.15, 0.2) is 6.61 Å². The zero-order valence-corrected chi connectivity index (χ0v) is 17.4. The molecule has 1 heterocycles. The van der Waals surface area contributed by atoms with Crippen molar-refractivity contribution < 1.29 is 23.5 Å². The molecule has 6 nitrogen and oxygen atoms in total. The average molecular weight is 426 g/mol. The Morgan fingerprint density at radius 2 is 1.65 bits per heavy atom. The fourth-order valence-electron chi connectivity index (χ4n) is 4.33. The molecule has 2 aliphatic rings. The fraction of sp³-hybridized carbons (Fsp3) is 0.417. The van der Waals surface area contributed by atoms with Gasteiger partial charge in [-0.1, -0.05) is 25.0 Å². The lowest BCUT2D eigenvalue weighted by molar-refractivity contribution is -0.137. The van der Waals surface area contributed by atoms with Crippen LogP contribution in [0.15, 0.2) is 48.5 Å². The van der Waals surface area contributed by atoms with E-state index < -0.39 is 5.41 Å². The maximum Gasteiger partial charge on any atom is 0.260 e. The van der Waals surface area contributed by atoms with Crippen LogP contribution in [0.3, 0.4) is 0 Å². The van der Waals surface area contributed by atoms with E-state index in [0.29, 0.717) is 37.7 Å². The SMILES string of the molecule is O=C(COc1ccc(NC(=O)C2(c3ccc(F)cc3)CCCC2)cc1)N1CCOCC1. The molecule has 0 spiro atoms. The highest BCUT2D eigenvalue weighted by molar-refractivity contribution is 5.99. The van der Waals surface area contributed by atoms with Crippen LogP contribution in [0.5, 0.6) is 5.75 Å². The molecule has 1 saturated carbocycles. The van der Waals surface area contributed by atoms with Crippen LogP contribution in [0, 0.1) is 5.82 Å². The number of anilines is 1. The molecule has 4 rings (SSSR count). The van der Waals surface area contributed by atoms with Gasteiger partial charge in [0.25, 0.3) is 5.91 Å². The van der Waals surface area contributed by atoms with Crippen molar-refractivity contribution in [2.75, 3.05) is 38.2 Å². The van der Waals surface area contributed by atoms with E-state index in [4.69, 9.17) is 9.47 Å². The summed E-state index contributed by atoms with van der Waals surface area (Å²) in [7, 11) is 0. The Bertz CT molecular complexity index is 902. The summed E-state index contributed by atoms with van der Waals surface area (Å²) in [5, 5.41) is 3.00. The van der Waals surface area contributed by atoms with Crippen LogP contribution in [0.2, 0.25) is 0 Å². The smallest absolute Gasteiger partial charge is 0.260 e. The quantitative estimate of drug-likeness (QED) is 0.768. The van der Waals surface area contributed by atoms with Crippen molar-refractivity contribution in [3.8, 4) is 5.75 Å². The summed E-state index contributed by atoms with van der Waals surface area (Å²) in [6.45, 7) is 2.25. The second kappa shape index (κ2) is 9.47. The Balaban J connectivity index is 1.37. The summed E-state index contributed by atoms with van der Waals surface area (Å²) < 4.78 is 24.2. The van der Waals surface area contributed by atoms with Crippen molar-refractivity contribution in [2.24, 2.45) is 0 Å². The van der Waals surface area contributed by atoms with Crippen molar-refractivity contribution >= 4 is 17.5 Å². The number of nitrogens with zero attached hydrogens (tertiary/aromatic N) is 1. The number of benzene rings is 2. The molecule has 0 unspecified atom stereocenters. The first kappa shape index (κ1) is 21.3. The number of carbonyl (C=O) groups excluding carboxylic acids is 2. The van der Waals surface area contributed by atoms with Crippen LogP contribution in [0.25, 0.3) is 0 Å². The number of carbonyl (C=O) groups is 2. The largest absolute Gasteiger partial charge is 0.484 e. The second-order valence-electron chi connectivity index (χ2n) is 8.06. The first-order chi connectivity index (χ1) is 15.1. The predicted molar refractivity (Wildman–Crippen MR) is 115 cm³/mol. The van der Waals surface area contributed by atoms with Crippen LogP contribution >= 0.6 is 0 Å². The number of amides is 2. The van der Waals surface area contributed by atoms with Gasteiger partial charge in [-0.15, -0.1) is 0 Å². The van der Waals surface area contributed by atoms with Crippen LogP contribution in [0.1, 0.15) is 31.2 Å². The van der Waals surface area contributed by atoms with E-state index in [9.17, 15) is 14.0 Å². The van der Waals surface area contributed by atoms with Crippen molar-refractivity contribution in [1.82, 2.24) is 4.90 Å². The number of rotatable bonds is 6. The summed E-state index contributed by atoms with van der Waals surface area (Å²) in [5.74, 6) is 0.115. The third-order valence-corrected chi connectivity index (χ3v) is 6.13. The van der Waals surface area contributed by atoms with E-state index in [1.807, 2.05) is 0 Å². The molecule has 0 aromatic heterocycles. The molecule has 2 fully saturated rings. The van der Waals surface area contributed by atoms with Gasteiger partial charge in [0, 0.05) is 18.8 Å². The van der Waals surface area contributed by atoms with E-state index in [1.54, 1.807) is 41.3 Å². The number of halogens is 1. The minimum Gasteiger partial charge on any atom is -0.484 e. The molecule has 0 bridgehead atoms. The monoisotopic (exact) mass is 426 g/mol. The maximum absolute atomic E-state index is 13.4. The molecule has 2 aromatic carbocycles. The molecular formula is C24H27FN2O4. The zero-order valence-electron chi connectivity index (χ0n) is 17.4. The van der Waals surface area contributed by atoms with Crippen molar-refractivity contribution in [3.63, 3.8) is 0 Å². The summed E-state index contributed by atoms with van der Waals surface area (Å²) >= 11 is 0. The third kappa shape index (κ3) is 4.88. The number of hydrogen-bond donors (Lipinski definition) is 1. The molecule has 1 aliphatic carbocycles. The lowest BCUT2D eigenvalue weighted by Crippen LogP contribution is -2.42. The third-order valence-electron chi connectivity index (χ3n) is 6.13. The normalized spacial score (nSPS) is 17.9. The molecular weight excluding hydrogens is 399 g/mol. The molecule has 164 valence electrons. The molecule has 1 saturated heterocycles. The van der Waals surface area contributed by atoms with E-state index in [1.165, 1.54) is 12.1 Å². The summed E-state index contributed by atoms with van der Waals surface area (Å²) in [6, 6.07) is 13.2. The Morgan fingerprint density at radius 3 is 2.29 bits per heavy atom. The Kier molecular flexibility index (Phi) is 6.51. The molecule has 2 aromatic rings. The first-order valence-corrected chi connectivity index (χ1v) is 10.7. The van der Waals surface area contributed by atoms with Crippen molar-refractivity contribution in [1.29, 1.82) is 0 Å². The zero-order chi connectivity index (χ0) is 21.7. The van der Waals surface area contributed by atoms with Gasteiger partial charge < -0.3 is 19.7 Å². The summed E-state index contributed by atoms with van der Waals surface area (Å²) in [5.41, 5.74) is 0.878. The Hall–Kier alpha value is -2.93. The number of morpholine rings is 1. The van der Waals surface area contributed by atoms with Gasteiger partial charge in [0.2, 0.25) is 5.91 Å². The number of nitrogens with one attached hydrogen (secondary N) is 1. The van der Waals surface area contributed by atoms with Crippen molar-refractivity contribution in [2.45, 2.75) is 31.1 Å². The van der Waals surface area contributed by atoms with Gasteiger partial charge in [-0.2, -0.15) is 0 Å². The number of hydrogen-bond acceptors (Lipinski definition) is 4. The van der Waals surface area contributed by atoms with Gasteiger partial charge in [-0.05, 0) is 54.8 Å². The Morgan fingerprint density at radius 1 is 1.00 bits per heavy atom. The van der Waals surface area contributed by atoms with Crippen LogP contribution in [-0.4, -0.2) is 49.6 Å². The summed E-state index contributed by atoms with van der Waals surface area (Å²) in [6.07, 6.45) is 3.42. The standard InChI is InChI=1S/C24H27FN2O4/c25-19-5-3-18(4-6-19)24(11-1-2-12-24)23(29)26-20-7-9-21(10-8-20)31-17-22(28)27-13-15-30-16-14-27/h3-10H,1-2,11-17H2,(H,26,29). The lowest BCUT2D eigenvalue weighted by Gasteiger charge is -2.28. The van der Waals surface area contributed by atoms with E-state index >= 15 is 0 Å². The van der Waals surface area contributed by atoms with Gasteiger partial charge in [-0.3, -0.25) is 9.59 Å². The van der Waals surface area contributed by atoms with Gasteiger partial charge in [-0.25, -0.2) is 4.39 Å². The van der Waals surface area contributed by atoms with Gasteiger partial charge in [0.05, 0.1) is 18.6 Å². The van der Waals surface area contributed by atoms with Crippen LogP contribution in [0.4, 0.5) is 10.1 Å². The molecule has 0 radical (unpaired) electrons. The minimum absolute atomic E-state index is 0.0284. The average Bonchev–Trinajstić information content (AvgIpc) is 3.31.